The Morgan fingerprint density at radius 2 is 1.97 bits per heavy atom. The number of likely N-dealkylation sites (N-methyl/N-ethyl adjacent to an activating group) is 1. The summed E-state index contributed by atoms with van der Waals surface area (Å²) in [5, 5.41) is 5.68. The average molecular weight is 448 g/mol. The number of para-hydroxylation sites is 1. The van der Waals surface area contributed by atoms with Crippen LogP contribution in [0.1, 0.15) is 43.7 Å². The van der Waals surface area contributed by atoms with Gasteiger partial charge in [-0.15, -0.1) is 0 Å². The summed E-state index contributed by atoms with van der Waals surface area (Å²) in [6.07, 6.45) is 3.08. The van der Waals surface area contributed by atoms with E-state index >= 15 is 0 Å². The van der Waals surface area contributed by atoms with E-state index in [4.69, 9.17) is 4.99 Å². The molecule has 0 spiro atoms. The zero-order chi connectivity index (χ0) is 23.4. The molecule has 2 aromatic rings. The van der Waals surface area contributed by atoms with Crippen LogP contribution in [0.15, 0.2) is 53.5 Å². The van der Waals surface area contributed by atoms with E-state index in [0.29, 0.717) is 12.2 Å². The lowest BCUT2D eigenvalue weighted by molar-refractivity contribution is -0.120. The SMILES string of the molecule is CCCN1C(=O)[C@@H](NC(=O)Nc2cccc(C)c2)N=C([C@@H]2CCCCN2C)c2ccccc21. The van der Waals surface area contributed by atoms with Crippen molar-refractivity contribution in [1.29, 1.82) is 0 Å². The molecule has 0 unspecified atom stereocenters. The standard InChI is InChI=1S/C26H33N5O2/c1-4-15-31-21-13-6-5-12-20(21)23(22-14-7-8-16-30(22)3)28-24(25(31)32)29-26(33)27-19-11-9-10-18(2)17-19/h5-6,9-13,17,22,24H,4,7-8,14-16H2,1-3H3,(H2,27,29,33)/t22-,24+/m0/s1. The number of anilines is 2. The fourth-order valence-corrected chi connectivity index (χ4v) is 4.70. The summed E-state index contributed by atoms with van der Waals surface area (Å²) < 4.78 is 0. The number of likely N-dealkylation sites (tertiary alicyclic amines) is 1. The average Bonchev–Trinajstić information content (AvgIpc) is 2.90. The van der Waals surface area contributed by atoms with E-state index in [1.165, 1.54) is 0 Å². The van der Waals surface area contributed by atoms with Crippen molar-refractivity contribution in [3.63, 3.8) is 0 Å². The van der Waals surface area contributed by atoms with Crippen molar-refractivity contribution in [2.75, 3.05) is 30.4 Å². The topological polar surface area (TPSA) is 77.0 Å². The summed E-state index contributed by atoms with van der Waals surface area (Å²) >= 11 is 0. The fourth-order valence-electron chi connectivity index (χ4n) is 4.70. The van der Waals surface area contributed by atoms with Gasteiger partial charge in [0.05, 0.1) is 17.4 Å². The Balaban J connectivity index is 1.69. The molecule has 2 N–H and O–H groups in total. The van der Waals surface area contributed by atoms with Crippen molar-refractivity contribution in [1.82, 2.24) is 10.2 Å². The Bertz CT molecular complexity index is 1050. The number of aryl methyl sites for hydroxylation is 1. The molecule has 0 aromatic heterocycles. The van der Waals surface area contributed by atoms with E-state index < -0.39 is 12.2 Å². The van der Waals surface area contributed by atoms with Crippen LogP contribution in [0, 0.1) is 6.92 Å². The van der Waals surface area contributed by atoms with Gasteiger partial charge in [0.25, 0.3) is 5.91 Å². The maximum atomic E-state index is 13.6. The van der Waals surface area contributed by atoms with E-state index in [2.05, 4.69) is 22.6 Å². The van der Waals surface area contributed by atoms with Crippen LogP contribution in [0.3, 0.4) is 0 Å². The van der Waals surface area contributed by atoms with Crippen LogP contribution in [0.4, 0.5) is 16.2 Å². The van der Waals surface area contributed by atoms with Gasteiger partial charge in [0.15, 0.2) is 0 Å². The van der Waals surface area contributed by atoms with E-state index in [0.717, 1.165) is 54.8 Å². The normalized spacial score (nSPS) is 21.1. The van der Waals surface area contributed by atoms with Crippen LogP contribution < -0.4 is 15.5 Å². The number of carbonyl (C=O) groups excluding carboxylic acids is 2. The number of aliphatic imine (C=N–C) groups is 1. The minimum absolute atomic E-state index is 0.110. The Hall–Kier alpha value is -3.19. The van der Waals surface area contributed by atoms with Crippen molar-refractivity contribution in [2.24, 2.45) is 4.99 Å². The molecule has 2 aromatic carbocycles. The number of hydrogen-bond donors (Lipinski definition) is 2. The largest absolute Gasteiger partial charge is 0.321 e. The maximum Gasteiger partial charge on any atom is 0.321 e. The quantitative estimate of drug-likeness (QED) is 0.722. The maximum absolute atomic E-state index is 13.6. The number of rotatable bonds is 5. The first-order valence-electron chi connectivity index (χ1n) is 11.8. The summed E-state index contributed by atoms with van der Waals surface area (Å²) in [4.78, 5) is 35.5. The predicted octanol–water partition coefficient (Wildman–Crippen LogP) is 4.17. The number of benzene rings is 2. The van der Waals surface area contributed by atoms with Gasteiger partial charge in [-0.3, -0.25) is 14.7 Å². The summed E-state index contributed by atoms with van der Waals surface area (Å²) in [6, 6.07) is 15.2. The molecule has 2 heterocycles. The van der Waals surface area contributed by atoms with E-state index in [1.54, 1.807) is 4.90 Å². The third-order valence-electron chi connectivity index (χ3n) is 6.32. The highest BCUT2D eigenvalue weighted by Gasteiger charge is 2.36. The van der Waals surface area contributed by atoms with Crippen LogP contribution >= 0.6 is 0 Å². The number of hydrogen-bond acceptors (Lipinski definition) is 4. The van der Waals surface area contributed by atoms with Crippen LogP contribution in [0.2, 0.25) is 0 Å². The van der Waals surface area contributed by atoms with Crippen molar-refractivity contribution < 1.29 is 9.59 Å². The molecule has 33 heavy (non-hydrogen) atoms. The fraction of sp³-hybridized carbons (Fsp3) is 0.423. The highest BCUT2D eigenvalue weighted by atomic mass is 16.2. The highest BCUT2D eigenvalue weighted by molar-refractivity contribution is 6.15. The molecule has 0 bridgehead atoms. The van der Waals surface area contributed by atoms with Crippen LogP contribution in [-0.2, 0) is 4.79 Å². The molecular formula is C26H33N5O2. The monoisotopic (exact) mass is 447 g/mol. The van der Waals surface area contributed by atoms with E-state index in [-0.39, 0.29) is 11.9 Å². The molecular weight excluding hydrogens is 414 g/mol. The van der Waals surface area contributed by atoms with E-state index in [1.807, 2.05) is 62.4 Å². The second-order valence-electron chi connectivity index (χ2n) is 8.88. The summed E-state index contributed by atoms with van der Waals surface area (Å²) in [6.45, 7) is 5.57. The van der Waals surface area contributed by atoms with Gasteiger partial charge in [0.1, 0.15) is 0 Å². The first-order valence-corrected chi connectivity index (χ1v) is 11.8. The second kappa shape index (κ2) is 10.2. The number of urea groups is 1. The first-order chi connectivity index (χ1) is 16.0. The van der Waals surface area contributed by atoms with Crippen molar-refractivity contribution >= 4 is 29.0 Å². The Labute approximate surface area is 195 Å². The highest BCUT2D eigenvalue weighted by Crippen LogP contribution is 2.30. The molecule has 0 radical (unpaired) electrons. The minimum atomic E-state index is -0.987. The van der Waals surface area contributed by atoms with Crippen molar-refractivity contribution in [3.05, 3.63) is 59.7 Å². The Kier molecular flexibility index (Phi) is 7.08. The summed E-state index contributed by atoms with van der Waals surface area (Å²) in [7, 11) is 2.11. The number of nitrogens with zero attached hydrogens (tertiary/aromatic N) is 3. The lowest BCUT2D eigenvalue weighted by Crippen LogP contribution is -2.49. The van der Waals surface area contributed by atoms with Crippen LogP contribution in [-0.4, -0.2) is 54.9 Å². The van der Waals surface area contributed by atoms with Gasteiger partial charge in [-0.25, -0.2) is 4.79 Å². The predicted molar refractivity (Wildman–Crippen MR) is 133 cm³/mol. The molecule has 174 valence electrons. The number of carbonyl (C=O) groups is 2. The number of fused-ring (bicyclic) bond motifs is 1. The minimum Gasteiger partial charge on any atom is -0.308 e. The molecule has 1 fully saturated rings. The lowest BCUT2D eigenvalue weighted by Gasteiger charge is -2.34. The van der Waals surface area contributed by atoms with Gasteiger partial charge >= 0.3 is 6.03 Å². The number of benzodiazepines with no additional fused rings is 1. The third kappa shape index (κ3) is 5.09. The molecule has 2 aliphatic heterocycles. The number of piperidine rings is 1. The van der Waals surface area contributed by atoms with Crippen LogP contribution in [0.25, 0.3) is 0 Å². The second-order valence-corrected chi connectivity index (χ2v) is 8.88. The van der Waals surface area contributed by atoms with Crippen LogP contribution in [0.5, 0.6) is 0 Å². The lowest BCUT2D eigenvalue weighted by atomic mass is 9.93. The van der Waals surface area contributed by atoms with Crippen molar-refractivity contribution in [3.8, 4) is 0 Å². The molecule has 0 aliphatic carbocycles. The smallest absolute Gasteiger partial charge is 0.308 e. The zero-order valence-corrected chi connectivity index (χ0v) is 19.7. The molecule has 4 rings (SSSR count). The zero-order valence-electron chi connectivity index (χ0n) is 19.7. The molecule has 7 nitrogen and oxygen atoms in total. The van der Waals surface area contributed by atoms with Gasteiger partial charge in [-0.05, 0) is 63.5 Å². The number of nitrogens with one attached hydrogen (secondary N) is 2. The summed E-state index contributed by atoms with van der Waals surface area (Å²) in [5.74, 6) is -0.211. The van der Waals surface area contributed by atoms with Gasteiger partial charge in [0, 0.05) is 17.8 Å². The Morgan fingerprint density at radius 3 is 2.73 bits per heavy atom. The Morgan fingerprint density at radius 1 is 1.15 bits per heavy atom. The van der Waals surface area contributed by atoms with Gasteiger partial charge in [-0.2, -0.15) is 0 Å². The van der Waals surface area contributed by atoms with Crippen molar-refractivity contribution in [2.45, 2.75) is 51.7 Å². The van der Waals surface area contributed by atoms with Gasteiger partial charge in [-0.1, -0.05) is 43.7 Å². The first kappa shape index (κ1) is 23.0. The number of amides is 3. The van der Waals surface area contributed by atoms with Gasteiger partial charge < -0.3 is 15.5 Å². The van der Waals surface area contributed by atoms with E-state index in [9.17, 15) is 9.59 Å². The molecule has 1 saturated heterocycles. The third-order valence-corrected chi connectivity index (χ3v) is 6.32. The molecule has 2 aliphatic rings. The molecule has 3 amide bonds. The molecule has 0 saturated carbocycles. The van der Waals surface area contributed by atoms with Gasteiger partial charge in [0.2, 0.25) is 6.17 Å². The summed E-state index contributed by atoms with van der Waals surface area (Å²) in [5.41, 5.74) is 4.44. The molecule has 7 heteroatoms. The molecule has 2 atom stereocenters.